The maximum absolute atomic E-state index is 10.7. The molecule has 6 nitrogen and oxygen atoms in total. The molecule has 21 heavy (non-hydrogen) atoms. The first-order valence-corrected chi connectivity index (χ1v) is 6.52. The van der Waals surface area contributed by atoms with E-state index in [9.17, 15) is 19.8 Å². The van der Waals surface area contributed by atoms with Gasteiger partial charge in [0, 0.05) is 19.5 Å². The molecule has 0 spiro atoms. The van der Waals surface area contributed by atoms with Crippen LogP contribution in [0.25, 0.3) is 6.08 Å². The largest absolute Gasteiger partial charge is 0.478 e. The van der Waals surface area contributed by atoms with Gasteiger partial charge in [-0.2, -0.15) is 0 Å². The highest BCUT2D eigenvalue weighted by Gasteiger charge is 2.20. The summed E-state index contributed by atoms with van der Waals surface area (Å²) in [5.74, 6) is -1.30. The zero-order valence-electron chi connectivity index (χ0n) is 11.7. The Morgan fingerprint density at radius 1 is 1.29 bits per heavy atom. The molecule has 114 valence electrons. The van der Waals surface area contributed by atoms with Crippen molar-refractivity contribution < 1.29 is 24.9 Å². The lowest BCUT2D eigenvalue weighted by molar-refractivity contribution is -0.131. The minimum Gasteiger partial charge on any atom is -0.478 e. The van der Waals surface area contributed by atoms with Crippen molar-refractivity contribution in [2.24, 2.45) is 0 Å². The quantitative estimate of drug-likeness (QED) is 0.554. The fraction of sp³-hybridized carbons (Fsp3) is 0.333. The normalized spacial score (nSPS) is 13.9. The number of carboxylic acid groups (broad SMARTS) is 1. The van der Waals surface area contributed by atoms with E-state index in [4.69, 9.17) is 5.11 Å². The topological polar surface area (TPSA) is 107 Å². The first-order valence-electron chi connectivity index (χ1n) is 6.52. The molecule has 0 bridgehead atoms. The third-order valence-corrected chi connectivity index (χ3v) is 2.90. The smallest absolute Gasteiger partial charge is 0.328 e. The van der Waals surface area contributed by atoms with Gasteiger partial charge in [0.05, 0.1) is 6.10 Å². The molecule has 0 radical (unpaired) electrons. The van der Waals surface area contributed by atoms with Gasteiger partial charge in [-0.3, -0.25) is 4.79 Å². The number of amides is 1. The molecule has 0 heterocycles. The zero-order valence-corrected chi connectivity index (χ0v) is 11.7. The van der Waals surface area contributed by atoms with E-state index in [0.717, 1.165) is 6.08 Å². The molecule has 1 aromatic carbocycles. The lowest BCUT2D eigenvalue weighted by atomic mass is 9.97. The first kappa shape index (κ1) is 16.9. The number of benzene rings is 1. The number of aliphatic carboxylic acids is 1. The molecule has 2 atom stereocenters. The van der Waals surface area contributed by atoms with Gasteiger partial charge in [0.2, 0.25) is 5.91 Å². The predicted molar refractivity (Wildman–Crippen MR) is 77.4 cm³/mol. The van der Waals surface area contributed by atoms with Crippen molar-refractivity contribution in [2.75, 3.05) is 6.54 Å². The fourth-order valence-corrected chi connectivity index (χ4v) is 1.85. The van der Waals surface area contributed by atoms with Crippen LogP contribution in [0.4, 0.5) is 0 Å². The van der Waals surface area contributed by atoms with Gasteiger partial charge >= 0.3 is 5.97 Å². The number of hydrogen-bond donors (Lipinski definition) is 4. The lowest BCUT2D eigenvalue weighted by Gasteiger charge is -2.20. The highest BCUT2D eigenvalue weighted by Crippen LogP contribution is 2.23. The summed E-state index contributed by atoms with van der Waals surface area (Å²) in [6.07, 6.45) is 0.304. The van der Waals surface area contributed by atoms with Crippen molar-refractivity contribution in [1.29, 1.82) is 0 Å². The van der Waals surface area contributed by atoms with Gasteiger partial charge in [-0.1, -0.05) is 24.3 Å². The molecule has 1 rings (SSSR count). The van der Waals surface area contributed by atoms with Gasteiger partial charge in [-0.25, -0.2) is 4.79 Å². The molecule has 0 aromatic heterocycles. The van der Waals surface area contributed by atoms with E-state index in [0.29, 0.717) is 11.1 Å². The van der Waals surface area contributed by atoms with E-state index in [1.54, 1.807) is 24.3 Å². The van der Waals surface area contributed by atoms with Crippen LogP contribution in [-0.4, -0.2) is 39.8 Å². The van der Waals surface area contributed by atoms with Crippen LogP contribution in [-0.2, 0) is 9.59 Å². The second kappa shape index (κ2) is 8.18. The van der Waals surface area contributed by atoms with E-state index in [2.05, 4.69) is 5.32 Å². The Bertz CT molecular complexity index is 527. The maximum Gasteiger partial charge on any atom is 0.328 e. The number of carbonyl (C=O) groups is 2. The Hall–Kier alpha value is -2.18. The summed E-state index contributed by atoms with van der Waals surface area (Å²) in [6, 6.07) is 6.67. The van der Waals surface area contributed by atoms with Gasteiger partial charge in [-0.05, 0) is 23.6 Å². The number of carboxylic acids is 1. The van der Waals surface area contributed by atoms with Crippen LogP contribution in [0.15, 0.2) is 30.3 Å². The first-order chi connectivity index (χ1) is 9.91. The number of aliphatic hydroxyl groups excluding tert-OH is 2. The zero-order chi connectivity index (χ0) is 15.8. The molecule has 1 aromatic rings. The SMILES string of the molecule is CC(=O)NCCC(O)C(O)c1ccccc1/C=C/C(=O)O. The lowest BCUT2D eigenvalue weighted by Crippen LogP contribution is -2.27. The van der Waals surface area contributed by atoms with Crippen LogP contribution < -0.4 is 5.32 Å². The Balaban J connectivity index is 2.79. The molecular weight excluding hydrogens is 274 g/mol. The van der Waals surface area contributed by atoms with Crippen LogP contribution in [0.1, 0.15) is 30.6 Å². The summed E-state index contributed by atoms with van der Waals surface area (Å²) < 4.78 is 0. The third kappa shape index (κ3) is 5.76. The van der Waals surface area contributed by atoms with E-state index < -0.39 is 18.2 Å². The predicted octanol–water partition coefficient (Wildman–Crippen LogP) is 0.705. The molecule has 1 amide bonds. The van der Waals surface area contributed by atoms with Crippen molar-refractivity contribution in [1.82, 2.24) is 5.32 Å². The molecular formula is C15H19NO5. The maximum atomic E-state index is 10.7. The van der Waals surface area contributed by atoms with Crippen molar-refractivity contribution >= 4 is 18.0 Å². The second-order valence-corrected chi connectivity index (χ2v) is 4.58. The van der Waals surface area contributed by atoms with E-state index >= 15 is 0 Å². The van der Waals surface area contributed by atoms with E-state index in [-0.39, 0.29) is 18.9 Å². The summed E-state index contributed by atoms with van der Waals surface area (Å²) in [5, 5.41) is 31.3. The monoisotopic (exact) mass is 293 g/mol. The standard InChI is InChI=1S/C15H19NO5/c1-10(17)16-9-8-13(18)15(21)12-5-3-2-4-11(12)6-7-14(19)20/h2-7,13,15,18,21H,8-9H2,1H3,(H,16,17)(H,19,20)/b7-6+. The summed E-state index contributed by atoms with van der Waals surface area (Å²) >= 11 is 0. The average Bonchev–Trinajstić information content (AvgIpc) is 2.44. The molecule has 0 aliphatic carbocycles. The number of hydrogen-bond acceptors (Lipinski definition) is 4. The highest BCUT2D eigenvalue weighted by molar-refractivity contribution is 5.85. The summed E-state index contributed by atoms with van der Waals surface area (Å²) in [5.41, 5.74) is 0.955. The Morgan fingerprint density at radius 3 is 2.57 bits per heavy atom. The average molecular weight is 293 g/mol. The molecule has 0 saturated carbocycles. The van der Waals surface area contributed by atoms with Gasteiger partial charge in [0.15, 0.2) is 0 Å². The third-order valence-electron chi connectivity index (χ3n) is 2.90. The van der Waals surface area contributed by atoms with Crippen molar-refractivity contribution in [3.8, 4) is 0 Å². The molecule has 0 aliphatic heterocycles. The Morgan fingerprint density at radius 2 is 1.95 bits per heavy atom. The minimum atomic E-state index is -1.16. The van der Waals surface area contributed by atoms with Crippen molar-refractivity contribution in [3.63, 3.8) is 0 Å². The highest BCUT2D eigenvalue weighted by atomic mass is 16.4. The van der Waals surface area contributed by atoms with Crippen molar-refractivity contribution in [3.05, 3.63) is 41.5 Å². The van der Waals surface area contributed by atoms with E-state index in [1.165, 1.54) is 13.0 Å². The molecule has 4 N–H and O–H groups in total. The van der Waals surface area contributed by atoms with Crippen LogP contribution >= 0.6 is 0 Å². The fourth-order valence-electron chi connectivity index (χ4n) is 1.85. The van der Waals surface area contributed by atoms with Gasteiger partial charge in [0.25, 0.3) is 0 Å². The summed E-state index contributed by atoms with van der Waals surface area (Å²) in [4.78, 5) is 21.3. The van der Waals surface area contributed by atoms with Gasteiger partial charge in [0.1, 0.15) is 6.10 Å². The van der Waals surface area contributed by atoms with Gasteiger partial charge < -0.3 is 20.6 Å². The molecule has 2 unspecified atom stereocenters. The van der Waals surface area contributed by atoms with Crippen LogP contribution in [0, 0.1) is 0 Å². The number of carbonyl (C=O) groups excluding carboxylic acids is 1. The summed E-state index contributed by atoms with van der Waals surface area (Å²) in [7, 11) is 0. The van der Waals surface area contributed by atoms with Crippen LogP contribution in [0.2, 0.25) is 0 Å². The van der Waals surface area contributed by atoms with E-state index in [1.807, 2.05) is 0 Å². The van der Waals surface area contributed by atoms with Crippen molar-refractivity contribution in [2.45, 2.75) is 25.6 Å². The van der Waals surface area contributed by atoms with Crippen LogP contribution in [0.3, 0.4) is 0 Å². The van der Waals surface area contributed by atoms with Gasteiger partial charge in [-0.15, -0.1) is 0 Å². The van der Waals surface area contributed by atoms with Crippen LogP contribution in [0.5, 0.6) is 0 Å². The molecule has 0 saturated heterocycles. The number of rotatable bonds is 7. The number of aliphatic hydroxyl groups is 2. The molecule has 0 aliphatic rings. The minimum absolute atomic E-state index is 0.192. The molecule has 6 heteroatoms. The number of nitrogens with one attached hydrogen (secondary N) is 1. The Kier molecular flexibility index (Phi) is 6.58. The Labute approximate surface area is 122 Å². The molecule has 0 fully saturated rings. The second-order valence-electron chi connectivity index (χ2n) is 4.58. The summed E-state index contributed by atoms with van der Waals surface area (Å²) in [6.45, 7) is 1.62.